The van der Waals surface area contributed by atoms with Gasteiger partial charge in [-0.3, -0.25) is 4.79 Å². The quantitative estimate of drug-likeness (QED) is 0.674. The van der Waals surface area contributed by atoms with Crippen molar-refractivity contribution < 1.29 is 9.90 Å². The Balaban J connectivity index is 1.51. The summed E-state index contributed by atoms with van der Waals surface area (Å²) in [5.41, 5.74) is 6.38. The summed E-state index contributed by atoms with van der Waals surface area (Å²) in [6, 6.07) is 9.02. The highest BCUT2D eigenvalue weighted by molar-refractivity contribution is 6.01. The van der Waals surface area contributed by atoms with Crippen LogP contribution in [0, 0.1) is 34.5 Å². The van der Waals surface area contributed by atoms with E-state index in [2.05, 4.69) is 62.0 Å². The van der Waals surface area contributed by atoms with Crippen molar-refractivity contribution in [2.45, 2.75) is 63.9 Å². The maximum absolute atomic E-state index is 12.9. The molecule has 0 aromatic heterocycles. The van der Waals surface area contributed by atoms with Crippen LogP contribution in [0.3, 0.4) is 0 Å². The van der Waals surface area contributed by atoms with Crippen molar-refractivity contribution in [3.8, 4) is 11.8 Å². The Labute approximate surface area is 191 Å². The molecule has 0 radical (unpaired) electrons. The Bertz CT molecular complexity index is 1110. The molecule has 2 saturated carbocycles. The minimum absolute atomic E-state index is 0.0285. The number of aliphatic hydroxyl groups excluding tert-OH is 1. The number of rotatable bonds is 2. The smallest absolute Gasteiger partial charge is 0.175 e. The molecular weight excluding hydrogens is 394 g/mol. The first-order chi connectivity index (χ1) is 15.3. The second kappa shape index (κ2) is 6.84. The minimum Gasteiger partial charge on any atom is -0.393 e. The number of carbonyl (C=O) groups is 1. The number of carbonyl (C=O) groups excluding carboxylic acids is 1. The molecule has 0 saturated heterocycles. The van der Waals surface area contributed by atoms with Gasteiger partial charge in [-0.2, -0.15) is 0 Å². The van der Waals surface area contributed by atoms with E-state index in [0.717, 1.165) is 38.5 Å². The number of hydrogen-bond acceptors (Lipinski definition) is 3. The van der Waals surface area contributed by atoms with Crippen molar-refractivity contribution in [3.05, 3.63) is 52.6 Å². The van der Waals surface area contributed by atoms with E-state index in [1.54, 1.807) is 5.57 Å². The van der Waals surface area contributed by atoms with Gasteiger partial charge in [-0.25, -0.2) is 0 Å². The summed E-state index contributed by atoms with van der Waals surface area (Å²) in [7, 11) is 4.15. The average molecular weight is 428 g/mol. The van der Waals surface area contributed by atoms with Crippen LogP contribution in [0.25, 0.3) is 0 Å². The second-order valence-electron chi connectivity index (χ2n) is 11.3. The summed E-state index contributed by atoms with van der Waals surface area (Å²) < 4.78 is 0. The Morgan fingerprint density at radius 2 is 1.88 bits per heavy atom. The lowest BCUT2D eigenvalue weighted by Gasteiger charge is -2.52. The van der Waals surface area contributed by atoms with Crippen molar-refractivity contribution >= 4 is 11.5 Å². The first-order valence-corrected chi connectivity index (χ1v) is 12.3. The van der Waals surface area contributed by atoms with Crippen molar-refractivity contribution in [3.63, 3.8) is 0 Å². The number of ketones is 1. The van der Waals surface area contributed by atoms with Crippen LogP contribution in [-0.2, 0) is 4.79 Å². The van der Waals surface area contributed by atoms with Gasteiger partial charge in [0.15, 0.2) is 5.78 Å². The molecule has 3 nitrogen and oxygen atoms in total. The zero-order valence-electron chi connectivity index (χ0n) is 19.4. The Morgan fingerprint density at radius 1 is 1.12 bits per heavy atom. The molecule has 1 spiro atoms. The zero-order valence-corrected chi connectivity index (χ0v) is 19.4. The summed E-state index contributed by atoms with van der Waals surface area (Å²) in [6.45, 7) is 2.34. The molecule has 0 heterocycles. The highest BCUT2D eigenvalue weighted by atomic mass is 16.3. The van der Waals surface area contributed by atoms with Gasteiger partial charge < -0.3 is 10.0 Å². The van der Waals surface area contributed by atoms with E-state index in [1.165, 1.54) is 22.4 Å². The molecule has 1 unspecified atom stereocenters. The number of benzene rings is 1. The number of fused-ring (bicyclic) bond motifs is 4. The number of allylic oxidation sites excluding steroid dienone is 4. The molecule has 1 N–H and O–H groups in total. The van der Waals surface area contributed by atoms with Crippen LogP contribution in [0.5, 0.6) is 0 Å². The SMILES string of the molecule is CN(C)c1ccc([C@H]2C[C@]3(C)[C@@H](O)CC[C@H]3[C@@H]3CCC4=CC(=O)C5(C#CC5)CC4=C32)cc1. The number of nitrogens with zero attached hydrogens (tertiary/aromatic N) is 1. The summed E-state index contributed by atoms with van der Waals surface area (Å²) in [5, 5.41) is 11.1. The van der Waals surface area contributed by atoms with E-state index < -0.39 is 5.41 Å². The van der Waals surface area contributed by atoms with Crippen molar-refractivity contribution in [2.24, 2.45) is 22.7 Å². The fraction of sp³-hybridized carbons (Fsp3) is 0.552. The van der Waals surface area contributed by atoms with Crippen molar-refractivity contribution in [1.82, 2.24) is 0 Å². The molecule has 5 aliphatic carbocycles. The maximum atomic E-state index is 12.9. The Morgan fingerprint density at radius 3 is 2.53 bits per heavy atom. The van der Waals surface area contributed by atoms with Crippen LogP contribution in [0.1, 0.15) is 63.4 Å². The van der Waals surface area contributed by atoms with Gasteiger partial charge in [-0.1, -0.05) is 30.6 Å². The summed E-state index contributed by atoms with van der Waals surface area (Å²) in [5.74, 6) is 7.96. The van der Waals surface area contributed by atoms with Gasteiger partial charge in [0.05, 0.1) is 6.10 Å². The molecule has 1 aromatic carbocycles. The van der Waals surface area contributed by atoms with E-state index in [1.807, 2.05) is 6.08 Å². The van der Waals surface area contributed by atoms with Crippen LogP contribution >= 0.6 is 0 Å². The van der Waals surface area contributed by atoms with Crippen LogP contribution in [-0.4, -0.2) is 31.1 Å². The molecule has 0 aliphatic heterocycles. The van der Waals surface area contributed by atoms with Crippen LogP contribution in [0.2, 0.25) is 0 Å². The zero-order chi connectivity index (χ0) is 22.3. The average Bonchev–Trinajstić information content (AvgIpc) is 3.05. The second-order valence-corrected chi connectivity index (χ2v) is 11.3. The van der Waals surface area contributed by atoms with Gasteiger partial charge in [-0.05, 0) is 90.7 Å². The van der Waals surface area contributed by atoms with Crippen LogP contribution in [0.4, 0.5) is 5.69 Å². The van der Waals surface area contributed by atoms with E-state index in [-0.39, 0.29) is 17.3 Å². The van der Waals surface area contributed by atoms with E-state index in [0.29, 0.717) is 24.2 Å². The third-order valence-electron chi connectivity index (χ3n) is 9.51. The first-order valence-electron chi connectivity index (χ1n) is 12.3. The molecule has 5 aliphatic rings. The molecule has 3 heteroatoms. The monoisotopic (exact) mass is 427 g/mol. The van der Waals surface area contributed by atoms with Gasteiger partial charge in [0.2, 0.25) is 0 Å². The van der Waals surface area contributed by atoms with Gasteiger partial charge in [0, 0.05) is 32.1 Å². The predicted molar refractivity (Wildman–Crippen MR) is 127 cm³/mol. The molecule has 166 valence electrons. The molecule has 0 bridgehead atoms. The van der Waals surface area contributed by atoms with Crippen LogP contribution < -0.4 is 4.90 Å². The Kier molecular flexibility index (Phi) is 4.34. The summed E-state index contributed by atoms with van der Waals surface area (Å²) in [6.07, 6.45) is 8.38. The third-order valence-corrected chi connectivity index (χ3v) is 9.51. The van der Waals surface area contributed by atoms with E-state index >= 15 is 0 Å². The van der Waals surface area contributed by atoms with E-state index in [9.17, 15) is 9.90 Å². The van der Waals surface area contributed by atoms with Crippen molar-refractivity contribution in [1.29, 1.82) is 0 Å². The highest BCUT2D eigenvalue weighted by Crippen LogP contribution is 2.64. The lowest BCUT2D eigenvalue weighted by Crippen LogP contribution is -2.46. The van der Waals surface area contributed by atoms with E-state index in [4.69, 9.17) is 0 Å². The molecule has 2 fully saturated rings. The molecule has 1 aromatic rings. The van der Waals surface area contributed by atoms with Gasteiger partial charge in [0.1, 0.15) is 5.41 Å². The highest BCUT2D eigenvalue weighted by Gasteiger charge is 2.57. The van der Waals surface area contributed by atoms with Crippen LogP contribution in [0.15, 0.2) is 47.1 Å². The van der Waals surface area contributed by atoms with Gasteiger partial charge in [-0.15, -0.1) is 5.92 Å². The van der Waals surface area contributed by atoms with Gasteiger partial charge >= 0.3 is 0 Å². The summed E-state index contributed by atoms with van der Waals surface area (Å²) >= 11 is 0. The lowest BCUT2D eigenvalue weighted by atomic mass is 9.52. The number of aliphatic hydroxyl groups is 1. The topological polar surface area (TPSA) is 40.5 Å². The molecule has 6 rings (SSSR count). The molecule has 32 heavy (non-hydrogen) atoms. The number of anilines is 1. The summed E-state index contributed by atoms with van der Waals surface area (Å²) in [4.78, 5) is 15.0. The standard InChI is InChI=1S/C29H33NO2/c1-28-16-22(18-5-8-20(9-6-18)30(2)3)27-21(24(28)11-12-25(28)31)10-7-19-15-26(32)29(13-4-14-29)17-23(19)27/h5-6,8-9,15,21-22,24-25,31H,7,10-13,16-17H2,1-3H3/t21-,22+,24-,25-,28-,29?/m0/s1. The first kappa shape index (κ1) is 20.3. The maximum Gasteiger partial charge on any atom is 0.175 e. The fourth-order valence-corrected chi connectivity index (χ4v) is 7.57. The number of hydrogen-bond donors (Lipinski definition) is 1. The van der Waals surface area contributed by atoms with Gasteiger partial charge in [0.25, 0.3) is 0 Å². The minimum atomic E-state index is -0.455. The third kappa shape index (κ3) is 2.69. The fourth-order valence-electron chi connectivity index (χ4n) is 7.57. The normalized spacial score (nSPS) is 39.4. The predicted octanol–water partition coefficient (Wildman–Crippen LogP) is 5.02. The Hall–Kier alpha value is -2.31. The molecular formula is C29H33NO2. The largest absolute Gasteiger partial charge is 0.393 e. The van der Waals surface area contributed by atoms with Crippen molar-refractivity contribution in [2.75, 3.05) is 19.0 Å². The lowest BCUT2D eigenvalue weighted by molar-refractivity contribution is -0.121. The molecule has 6 atom stereocenters. The molecule has 0 amide bonds.